The Morgan fingerprint density at radius 2 is 2.05 bits per heavy atom. The van der Waals surface area contributed by atoms with E-state index in [0.29, 0.717) is 18.0 Å². The Hall–Kier alpha value is -0.910. The van der Waals surface area contributed by atoms with E-state index in [1.54, 1.807) is 6.07 Å². The Labute approximate surface area is 114 Å². The van der Waals surface area contributed by atoms with Crippen LogP contribution in [0.4, 0.5) is 0 Å². The highest BCUT2D eigenvalue weighted by Gasteiger charge is 2.32. The van der Waals surface area contributed by atoms with Gasteiger partial charge in [-0.15, -0.1) is 0 Å². The summed E-state index contributed by atoms with van der Waals surface area (Å²) in [5.41, 5.74) is 2.47. The second-order valence-electron chi connectivity index (χ2n) is 5.48. The predicted octanol–water partition coefficient (Wildman–Crippen LogP) is 1.18. The van der Waals surface area contributed by atoms with Crippen LogP contribution in [0, 0.1) is 5.92 Å². The van der Waals surface area contributed by atoms with Gasteiger partial charge in [0.1, 0.15) is 0 Å². The fraction of sp³-hybridized carbons (Fsp3) is 0.571. The van der Waals surface area contributed by atoms with Crippen molar-refractivity contribution in [3.05, 3.63) is 29.3 Å². The van der Waals surface area contributed by atoms with Gasteiger partial charge < -0.3 is 5.11 Å². The summed E-state index contributed by atoms with van der Waals surface area (Å²) < 4.78 is 26.6. The molecular weight excluding hydrogens is 262 g/mol. The van der Waals surface area contributed by atoms with E-state index in [1.165, 1.54) is 15.4 Å². The average molecular weight is 281 g/mol. The summed E-state index contributed by atoms with van der Waals surface area (Å²) in [5.74, 6) is 0.0872. The van der Waals surface area contributed by atoms with E-state index in [9.17, 15) is 8.42 Å². The molecule has 0 amide bonds. The maximum atomic E-state index is 12.5. The molecule has 1 atom stereocenters. The topological polar surface area (TPSA) is 57.6 Å². The number of hydrogen-bond donors (Lipinski definition) is 1. The third kappa shape index (κ3) is 2.30. The van der Waals surface area contributed by atoms with Gasteiger partial charge in [0.15, 0.2) is 0 Å². The second kappa shape index (κ2) is 4.89. The third-order valence-electron chi connectivity index (χ3n) is 4.21. The highest BCUT2D eigenvalue weighted by molar-refractivity contribution is 7.89. The fourth-order valence-corrected chi connectivity index (χ4v) is 4.60. The van der Waals surface area contributed by atoms with Crippen molar-refractivity contribution in [2.75, 3.05) is 19.7 Å². The van der Waals surface area contributed by atoms with Crippen LogP contribution in [0.2, 0.25) is 0 Å². The molecule has 1 aromatic carbocycles. The van der Waals surface area contributed by atoms with E-state index in [0.717, 1.165) is 25.7 Å². The number of benzene rings is 1. The predicted molar refractivity (Wildman–Crippen MR) is 72.4 cm³/mol. The smallest absolute Gasteiger partial charge is 0.243 e. The van der Waals surface area contributed by atoms with Crippen molar-refractivity contribution in [2.24, 2.45) is 5.92 Å². The van der Waals surface area contributed by atoms with Crippen LogP contribution in [0.1, 0.15) is 24.0 Å². The molecule has 19 heavy (non-hydrogen) atoms. The Bertz CT molecular complexity index is 582. The van der Waals surface area contributed by atoms with Crippen molar-refractivity contribution in [3.63, 3.8) is 0 Å². The van der Waals surface area contributed by atoms with Gasteiger partial charge in [-0.3, -0.25) is 0 Å². The molecule has 1 fully saturated rings. The minimum Gasteiger partial charge on any atom is -0.396 e. The van der Waals surface area contributed by atoms with Crippen molar-refractivity contribution in [3.8, 4) is 0 Å². The lowest BCUT2D eigenvalue weighted by Crippen LogP contribution is -2.29. The molecule has 2 aliphatic rings. The molecule has 5 heteroatoms. The lowest BCUT2D eigenvalue weighted by molar-refractivity contribution is 0.233. The third-order valence-corrected chi connectivity index (χ3v) is 6.08. The molecule has 1 heterocycles. The monoisotopic (exact) mass is 281 g/mol. The van der Waals surface area contributed by atoms with Crippen LogP contribution in [0.5, 0.6) is 0 Å². The fourth-order valence-electron chi connectivity index (χ4n) is 3.02. The molecule has 1 N–H and O–H groups in total. The first-order valence-corrected chi connectivity index (χ1v) is 8.28. The minimum absolute atomic E-state index is 0.0657. The van der Waals surface area contributed by atoms with E-state index in [4.69, 9.17) is 5.11 Å². The number of aliphatic hydroxyl groups excluding tert-OH is 1. The maximum Gasteiger partial charge on any atom is 0.243 e. The zero-order chi connectivity index (χ0) is 13.5. The van der Waals surface area contributed by atoms with Crippen LogP contribution in [-0.4, -0.2) is 37.5 Å². The normalized spacial score (nSPS) is 23.7. The summed E-state index contributed by atoms with van der Waals surface area (Å²) in [6.45, 7) is 1.02. The van der Waals surface area contributed by atoms with E-state index >= 15 is 0 Å². The Morgan fingerprint density at radius 1 is 1.26 bits per heavy atom. The number of aryl methyl sites for hydroxylation is 2. The van der Waals surface area contributed by atoms with Crippen LogP contribution in [0.25, 0.3) is 0 Å². The Morgan fingerprint density at radius 3 is 2.79 bits per heavy atom. The number of fused-ring (bicyclic) bond motifs is 1. The van der Waals surface area contributed by atoms with Gasteiger partial charge in [0.05, 0.1) is 4.90 Å². The van der Waals surface area contributed by atoms with Crippen LogP contribution < -0.4 is 0 Å². The number of hydrogen-bond acceptors (Lipinski definition) is 3. The van der Waals surface area contributed by atoms with E-state index in [1.807, 2.05) is 12.1 Å². The molecule has 1 unspecified atom stereocenters. The van der Waals surface area contributed by atoms with Crippen LogP contribution >= 0.6 is 0 Å². The van der Waals surface area contributed by atoms with Gasteiger partial charge in [-0.25, -0.2) is 8.42 Å². The average Bonchev–Trinajstić information content (AvgIpc) is 3.06. The molecule has 3 rings (SSSR count). The van der Waals surface area contributed by atoms with Gasteiger partial charge in [0, 0.05) is 19.7 Å². The Balaban J connectivity index is 1.88. The highest BCUT2D eigenvalue weighted by Crippen LogP contribution is 2.28. The first-order chi connectivity index (χ1) is 9.11. The van der Waals surface area contributed by atoms with Crippen molar-refractivity contribution in [1.29, 1.82) is 0 Å². The van der Waals surface area contributed by atoms with Crippen LogP contribution in [-0.2, 0) is 22.9 Å². The first kappa shape index (κ1) is 13.1. The quantitative estimate of drug-likeness (QED) is 0.905. The summed E-state index contributed by atoms with van der Waals surface area (Å²) in [4.78, 5) is 0.409. The van der Waals surface area contributed by atoms with Crippen molar-refractivity contribution in [1.82, 2.24) is 4.31 Å². The Kier molecular flexibility index (Phi) is 3.37. The summed E-state index contributed by atoms with van der Waals surface area (Å²) in [7, 11) is -3.38. The van der Waals surface area contributed by atoms with Gasteiger partial charge in [-0.1, -0.05) is 6.07 Å². The van der Waals surface area contributed by atoms with Gasteiger partial charge in [-0.2, -0.15) is 4.31 Å². The molecule has 0 radical (unpaired) electrons. The SMILES string of the molecule is O=S(=O)(c1ccc2c(c1)CCC2)N1CCC(CO)C1. The molecule has 1 aromatic rings. The summed E-state index contributed by atoms with van der Waals surface area (Å²) in [6, 6.07) is 5.52. The van der Waals surface area contributed by atoms with Crippen molar-refractivity contribution >= 4 is 10.0 Å². The molecular formula is C14H19NO3S. The number of rotatable bonds is 3. The molecule has 1 saturated heterocycles. The number of aliphatic hydroxyl groups is 1. The molecule has 1 aliphatic heterocycles. The van der Waals surface area contributed by atoms with E-state index < -0.39 is 10.0 Å². The van der Waals surface area contributed by atoms with Crippen molar-refractivity contribution in [2.45, 2.75) is 30.6 Å². The number of sulfonamides is 1. The minimum atomic E-state index is -3.38. The molecule has 1 aliphatic carbocycles. The zero-order valence-electron chi connectivity index (χ0n) is 10.9. The molecule has 0 bridgehead atoms. The molecule has 0 saturated carbocycles. The lowest BCUT2D eigenvalue weighted by atomic mass is 10.1. The standard InChI is InChI=1S/C14H19NO3S/c16-10-11-6-7-15(9-11)19(17,18)14-5-4-12-2-1-3-13(12)8-14/h4-5,8,11,16H,1-3,6-7,9-10H2. The van der Waals surface area contributed by atoms with Crippen molar-refractivity contribution < 1.29 is 13.5 Å². The van der Waals surface area contributed by atoms with Crippen LogP contribution in [0.15, 0.2) is 23.1 Å². The lowest BCUT2D eigenvalue weighted by Gasteiger charge is -2.17. The van der Waals surface area contributed by atoms with Gasteiger partial charge in [0.2, 0.25) is 10.0 Å². The van der Waals surface area contributed by atoms with Gasteiger partial charge in [-0.05, 0) is 54.9 Å². The van der Waals surface area contributed by atoms with E-state index in [-0.39, 0.29) is 12.5 Å². The first-order valence-electron chi connectivity index (χ1n) is 6.84. The second-order valence-corrected chi connectivity index (χ2v) is 7.42. The molecule has 4 nitrogen and oxygen atoms in total. The van der Waals surface area contributed by atoms with Gasteiger partial charge in [0.25, 0.3) is 0 Å². The maximum absolute atomic E-state index is 12.5. The molecule has 0 spiro atoms. The van der Waals surface area contributed by atoms with E-state index in [2.05, 4.69) is 0 Å². The number of nitrogens with zero attached hydrogens (tertiary/aromatic N) is 1. The molecule has 104 valence electrons. The summed E-state index contributed by atoms with van der Waals surface area (Å²) in [5, 5.41) is 9.13. The van der Waals surface area contributed by atoms with Crippen LogP contribution in [0.3, 0.4) is 0 Å². The van der Waals surface area contributed by atoms with Gasteiger partial charge >= 0.3 is 0 Å². The molecule has 0 aromatic heterocycles. The summed E-state index contributed by atoms with van der Waals surface area (Å²) >= 11 is 0. The highest BCUT2D eigenvalue weighted by atomic mass is 32.2. The summed E-state index contributed by atoms with van der Waals surface area (Å²) in [6.07, 6.45) is 3.92. The zero-order valence-corrected chi connectivity index (χ0v) is 11.7. The largest absolute Gasteiger partial charge is 0.396 e.